The van der Waals surface area contributed by atoms with Gasteiger partial charge in [-0.2, -0.15) is 0 Å². The molecular weight excluding hydrogens is 242 g/mol. The molecule has 1 aromatic carbocycles. The van der Waals surface area contributed by atoms with Crippen LogP contribution in [0.25, 0.3) is 6.08 Å². The standard InChI is InChI=1S/C15H19NO3/c1-11(2)10-13(15(18)19)16-14(17)9-8-12-6-4-3-5-7-12/h3-9,11,13H,10H2,1-2H3,(H,16,17)(H,18,19)/b9-8+/t13-/m0/s1. The van der Waals surface area contributed by atoms with Gasteiger partial charge in [0.1, 0.15) is 6.04 Å². The van der Waals surface area contributed by atoms with Gasteiger partial charge in [-0.1, -0.05) is 44.2 Å². The lowest BCUT2D eigenvalue weighted by molar-refractivity contribution is -0.141. The zero-order valence-corrected chi connectivity index (χ0v) is 11.2. The molecule has 4 nitrogen and oxygen atoms in total. The zero-order valence-electron chi connectivity index (χ0n) is 11.2. The summed E-state index contributed by atoms with van der Waals surface area (Å²) in [6.45, 7) is 3.84. The van der Waals surface area contributed by atoms with Crippen molar-refractivity contribution >= 4 is 18.0 Å². The van der Waals surface area contributed by atoms with Crippen molar-refractivity contribution in [3.63, 3.8) is 0 Å². The molecular formula is C15H19NO3. The molecule has 1 amide bonds. The van der Waals surface area contributed by atoms with Gasteiger partial charge in [0.15, 0.2) is 0 Å². The Morgan fingerprint density at radius 3 is 2.42 bits per heavy atom. The molecule has 0 unspecified atom stereocenters. The summed E-state index contributed by atoms with van der Waals surface area (Å²) in [6, 6.07) is 8.53. The Hall–Kier alpha value is -2.10. The van der Waals surface area contributed by atoms with Crippen LogP contribution in [0.3, 0.4) is 0 Å². The Balaban J connectivity index is 2.58. The fraction of sp³-hybridized carbons (Fsp3) is 0.333. The summed E-state index contributed by atoms with van der Waals surface area (Å²) in [5.41, 5.74) is 0.897. The summed E-state index contributed by atoms with van der Waals surface area (Å²) in [5.74, 6) is -1.19. The molecule has 1 aromatic rings. The Labute approximate surface area is 113 Å². The maximum atomic E-state index is 11.7. The van der Waals surface area contributed by atoms with Gasteiger partial charge in [-0.05, 0) is 24.0 Å². The van der Waals surface area contributed by atoms with Crippen LogP contribution < -0.4 is 5.32 Å². The average Bonchev–Trinajstić information content (AvgIpc) is 2.36. The molecule has 2 N–H and O–H groups in total. The number of nitrogens with one attached hydrogen (secondary N) is 1. The summed E-state index contributed by atoms with van der Waals surface area (Å²) in [4.78, 5) is 22.7. The first kappa shape index (κ1) is 15.0. The zero-order chi connectivity index (χ0) is 14.3. The number of carbonyl (C=O) groups excluding carboxylic acids is 1. The van der Waals surface area contributed by atoms with Gasteiger partial charge in [0.2, 0.25) is 5.91 Å². The van der Waals surface area contributed by atoms with E-state index in [1.54, 1.807) is 6.08 Å². The third-order valence-corrected chi connectivity index (χ3v) is 2.55. The number of hydrogen-bond acceptors (Lipinski definition) is 2. The number of hydrogen-bond donors (Lipinski definition) is 2. The molecule has 0 aliphatic carbocycles. The van der Waals surface area contributed by atoms with Crippen molar-refractivity contribution in [2.45, 2.75) is 26.3 Å². The van der Waals surface area contributed by atoms with Crippen molar-refractivity contribution < 1.29 is 14.7 Å². The second kappa shape index (κ2) is 7.36. The van der Waals surface area contributed by atoms with Gasteiger partial charge in [-0.25, -0.2) is 4.79 Å². The third kappa shape index (κ3) is 5.86. The number of aliphatic carboxylic acids is 1. The van der Waals surface area contributed by atoms with Gasteiger partial charge in [-0.3, -0.25) is 4.79 Å². The molecule has 0 aliphatic rings. The summed E-state index contributed by atoms with van der Waals surface area (Å²) in [5, 5.41) is 11.5. The van der Waals surface area contributed by atoms with Crippen molar-refractivity contribution in [1.82, 2.24) is 5.32 Å². The Bertz CT molecular complexity index is 452. The van der Waals surface area contributed by atoms with Gasteiger partial charge < -0.3 is 10.4 Å². The Morgan fingerprint density at radius 2 is 1.89 bits per heavy atom. The molecule has 0 radical (unpaired) electrons. The minimum Gasteiger partial charge on any atom is -0.480 e. The molecule has 0 heterocycles. The van der Waals surface area contributed by atoms with Gasteiger partial charge in [0.05, 0.1) is 0 Å². The smallest absolute Gasteiger partial charge is 0.326 e. The van der Waals surface area contributed by atoms with E-state index in [-0.39, 0.29) is 5.92 Å². The molecule has 0 aliphatic heterocycles. The molecule has 19 heavy (non-hydrogen) atoms. The van der Waals surface area contributed by atoms with Gasteiger partial charge in [0.25, 0.3) is 0 Å². The number of carboxylic acids is 1. The topological polar surface area (TPSA) is 66.4 Å². The molecule has 1 atom stereocenters. The lowest BCUT2D eigenvalue weighted by Crippen LogP contribution is -2.40. The van der Waals surface area contributed by atoms with Crippen LogP contribution in [-0.2, 0) is 9.59 Å². The molecule has 1 rings (SSSR count). The molecule has 0 saturated heterocycles. The van der Waals surface area contributed by atoms with Gasteiger partial charge in [0, 0.05) is 6.08 Å². The second-order valence-corrected chi connectivity index (χ2v) is 4.77. The van der Waals surface area contributed by atoms with Crippen molar-refractivity contribution in [1.29, 1.82) is 0 Å². The fourth-order valence-corrected chi connectivity index (χ4v) is 1.65. The highest BCUT2D eigenvalue weighted by Crippen LogP contribution is 2.05. The summed E-state index contributed by atoms with van der Waals surface area (Å²) in [7, 11) is 0. The highest BCUT2D eigenvalue weighted by atomic mass is 16.4. The first-order valence-electron chi connectivity index (χ1n) is 6.25. The predicted octanol–water partition coefficient (Wildman–Crippen LogP) is 2.32. The molecule has 0 spiro atoms. The summed E-state index contributed by atoms with van der Waals surface area (Å²) < 4.78 is 0. The SMILES string of the molecule is CC(C)C[C@H](NC(=O)/C=C/c1ccccc1)C(=O)O. The van der Waals surface area contributed by atoms with Crippen LogP contribution in [-0.4, -0.2) is 23.0 Å². The van der Waals surface area contributed by atoms with Crippen LogP contribution in [0.15, 0.2) is 36.4 Å². The van der Waals surface area contributed by atoms with E-state index < -0.39 is 17.9 Å². The monoisotopic (exact) mass is 261 g/mol. The first-order chi connectivity index (χ1) is 8.99. The minimum atomic E-state index is -1.00. The van der Waals surface area contributed by atoms with Crippen LogP contribution in [0.2, 0.25) is 0 Å². The molecule has 0 saturated carbocycles. The van der Waals surface area contributed by atoms with Crippen molar-refractivity contribution in [2.24, 2.45) is 5.92 Å². The largest absolute Gasteiger partial charge is 0.480 e. The number of amides is 1. The summed E-state index contributed by atoms with van der Waals surface area (Å²) >= 11 is 0. The lowest BCUT2D eigenvalue weighted by atomic mass is 10.0. The second-order valence-electron chi connectivity index (χ2n) is 4.77. The Kier molecular flexibility index (Phi) is 5.79. The molecule has 102 valence electrons. The predicted molar refractivity (Wildman–Crippen MR) is 74.5 cm³/mol. The quantitative estimate of drug-likeness (QED) is 0.772. The number of carboxylic acid groups (broad SMARTS) is 1. The summed E-state index contributed by atoms with van der Waals surface area (Å²) in [6.07, 6.45) is 3.43. The lowest BCUT2D eigenvalue weighted by Gasteiger charge is -2.15. The maximum absolute atomic E-state index is 11.7. The van der Waals surface area contributed by atoms with Crippen molar-refractivity contribution in [2.75, 3.05) is 0 Å². The van der Waals surface area contributed by atoms with E-state index in [0.717, 1.165) is 5.56 Å². The van der Waals surface area contributed by atoms with E-state index in [9.17, 15) is 9.59 Å². The first-order valence-corrected chi connectivity index (χ1v) is 6.25. The van der Waals surface area contributed by atoms with Crippen LogP contribution in [0.4, 0.5) is 0 Å². The van der Waals surface area contributed by atoms with E-state index in [2.05, 4.69) is 5.32 Å². The minimum absolute atomic E-state index is 0.208. The van der Waals surface area contributed by atoms with Crippen LogP contribution >= 0.6 is 0 Å². The van der Waals surface area contributed by atoms with E-state index >= 15 is 0 Å². The van der Waals surface area contributed by atoms with Gasteiger partial charge >= 0.3 is 5.97 Å². The average molecular weight is 261 g/mol. The molecule has 0 bridgehead atoms. The fourth-order valence-electron chi connectivity index (χ4n) is 1.65. The normalized spacial score (nSPS) is 12.6. The van der Waals surface area contributed by atoms with Gasteiger partial charge in [-0.15, -0.1) is 0 Å². The molecule has 4 heteroatoms. The van der Waals surface area contributed by atoms with E-state index in [0.29, 0.717) is 6.42 Å². The third-order valence-electron chi connectivity index (χ3n) is 2.55. The van der Waals surface area contributed by atoms with Crippen LogP contribution in [0.5, 0.6) is 0 Å². The molecule has 0 fully saturated rings. The Morgan fingerprint density at radius 1 is 1.26 bits per heavy atom. The van der Waals surface area contributed by atoms with Crippen LogP contribution in [0.1, 0.15) is 25.8 Å². The van der Waals surface area contributed by atoms with Crippen molar-refractivity contribution in [3.05, 3.63) is 42.0 Å². The van der Waals surface area contributed by atoms with E-state index in [1.807, 2.05) is 44.2 Å². The number of benzene rings is 1. The molecule has 0 aromatic heterocycles. The maximum Gasteiger partial charge on any atom is 0.326 e. The van der Waals surface area contributed by atoms with Crippen molar-refractivity contribution in [3.8, 4) is 0 Å². The van der Waals surface area contributed by atoms with Crippen LogP contribution in [0, 0.1) is 5.92 Å². The van der Waals surface area contributed by atoms with E-state index in [4.69, 9.17) is 5.11 Å². The highest BCUT2D eigenvalue weighted by molar-refractivity contribution is 5.94. The van der Waals surface area contributed by atoms with E-state index in [1.165, 1.54) is 6.08 Å². The number of rotatable bonds is 6. The number of carbonyl (C=O) groups is 2. The highest BCUT2D eigenvalue weighted by Gasteiger charge is 2.19.